The van der Waals surface area contributed by atoms with Crippen LogP contribution in [-0.2, 0) is 15.3 Å². The fraction of sp³-hybridized carbons (Fsp3) is 0.538. The summed E-state index contributed by atoms with van der Waals surface area (Å²) in [6.07, 6.45) is 1.19. The lowest BCUT2D eigenvalue weighted by Gasteiger charge is -2.14. The number of rotatable bonds is 8. The summed E-state index contributed by atoms with van der Waals surface area (Å²) in [5.41, 5.74) is 0.456. The molecule has 0 aliphatic carbocycles. The first-order valence-electron chi connectivity index (χ1n) is 6.45. The van der Waals surface area contributed by atoms with E-state index in [0.29, 0.717) is 31.6 Å². The molecule has 1 aromatic carbocycles. The molecule has 1 aromatic rings. The van der Waals surface area contributed by atoms with E-state index in [9.17, 15) is 13.2 Å². The highest BCUT2D eigenvalue weighted by Crippen LogP contribution is 2.16. The maximum Gasteiger partial charge on any atom is 0.321 e. The Labute approximate surface area is 113 Å². The Hall–Kier alpha value is -0.853. The van der Waals surface area contributed by atoms with Gasteiger partial charge in [0.1, 0.15) is 0 Å². The van der Waals surface area contributed by atoms with E-state index in [1.165, 1.54) is 0 Å². The van der Waals surface area contributed by atoms with Gasteiger partial charge in [-0.25, -0.2) is 13.2 Å². The lowest BCUT2D eigenvalue weighted by atomic mass is 10.1. The van der Waals surface area contributed by atoms with Crippen molar-refractivity contribution in [3.63, 3.8) is 0 Å². The topological polar surface area (TPSA) is 18.5 Å². The van der Waals surface area contributed by atoms with Crippen LogP contribution in [0.15, 0.2) is 12.1 Å². The molecule has 0 bridgehead atoms. The standard InChI is InChI=1S/C13H19F3O2Si/c1-3-17-19(18-4-2)7-5-6-10-8-11(14)13(16)12(15)9-10/h8-9,19H,3-7H2,1-2H3. The molecule has 0 aliphatic heterocycles. The number of halogens is 3. The summed E-state index contributed by atoms with van der Waals surface area (Å²) < 4.78 is 49.8. The lowest BCUT2D eigenvalue weighted by molar-refractivity contribution is 0.213. The molecular formula is C13H19F3O2Si. The maximum atomic E-state index is 13.0. The van der Waals surface area contributed by atoms with Crippen LogP contribution in [0.1, 0.15) is 25.8 Å². The van der Waals surface area contributed by atoms with E-state index >= 15 is 0 Å². The molecule has 0 atom stereocenters. The van der Waals surface area contributed by atoms with Gasteiger partial charge in [0.05, 0.1) is 0 Å². The fourth-order valence-electron chi connectivity index (χ4n) is 1.81. The van der Waals surface area contributed by atoms with Gasteiger partial charge in [-0.3, -0.25) is 0 Å². The Morgan fingerprint density at radius 3 is 2.00 bits per heavy atom. The van der Waals surface area contributed by atoms with E-state index in [-0.39, 0.29) is 0 Å². The number of hydrogen-bond acceptors (Lipinski definition) is 2. The molecule has 19 heavy (non-hydrogen) atoms. The second-order valence-corrected chi connectivity index (χ2v) is 6.21. The molecule has 6 heteroatoms. The van der Waals surface area contributed by atoms with Crippen LogP contribution in [0.2, 0.25) is 6.04 Å². The van der Waals surface area contributed by atoms with Crippen molar-refractivity contribution < 1.29 is 22.0 Å². The number of hydrogen-bond donors (Lipinski definition) is 0. The molecule has 108 valence electrons. The molecule has 0 aliphatic rings. The number of aryl methyl sites for hydroxylation is 1. The van der Waals surface area contributed by atoms with Gasteiger partial charge in [-0.15, -0.1) is 0 Å². The van der Waals surface area contributed by atoms with E-state index in [1.807, 2.05) is 13.8 Å². The molecule has 0 spiro atoms. The molecule has 0 unspecified atom stereocenters. The van der Waals surface area contributed by atoms with Crippen LogP contribution in [-0.4, -0.2) is 22.5 Å². The van der Waals surface area contributed by atoms with Gasteiger partial charge in [-0.2, -0.15) is 0 Å². The second-order valence-electron chi connectivity index (χ2n) is 4.11. The third kappa shape index (κ3) is 5.34. The Morgan fingerprint density at radius 2 is 1.53 bits per heavy atom. The van der Waals surface area contributed by atoms with Gasteiger partial charge < -0.3 is 8.85 Å². The van der Waals surface area contributed by atoms with Crippen molar-refractivity contribution in [1.82, 2.24) is 0 Å². The van der Waals surface area contributed by atoms with Gasteiger partial charge in [-0.05, 0) is 50.4 Å². The third-order valence-electron chi connectivity index (χ3n) is 2.65. The quantitative estimate of drug-likeness (QED) is 0.540. The SMILES string of the molecule is CCO[SiH](CCCc1cc(F)c(F)c(F)c1)OCC. The van der Waals surface area contributed by atoms with Gasteiger partial charge in [0.15, 0.2) is 17.5 Å². The molecule has 2 nitrogen and oxygen atoms in total. The van der Waals surface area contributed by atoms with Crippen molar-refractivity contribution in [2.24, 2.45) is 0 Å². The minimum absolute atomic E-state index is 0.456. The van der Waals surface area contributed by atoms with Crippen LogP contribution >= 0.6 is 0 Å². The molecule has 0 radical (unpaired) electrons. The zero-order valence-corrected chi connectivity index (χ0v) is 12.4. The highest BCUT2D eigenvalue weighted by Gasteiger charge is 2.13. The molecule has 1 rings (SSSR count). The summed E-state index contributed by atoms with van der Waals surface area (Å²) in [6, 6.07) is 2.84. The molecule has 0 N–H and O–H groups in total. The van der Waals surface area contributed by atoms with Crippen LogP contribution in [0.5, 0.6) is 0 Å². The van der Waals surface area contributed by atoms with Crippen molar-refractivity contribution in [2.75, 3.05) is 13.2 Å². The van der Waals surface area contributed by atoms with E-state index < -0.39 is 26.7 Å². The van der Waals surface area contributed by atoms with Gasteiger partial charge in [0, 0.05) is 13.2 Å². The Kier molecular flexibility index (Phi) is 7.12. The molecule has 0 saturated heterocycles. The smallest absolute Gasteiger partial charge is 0.321 e. The molecule has 0 amide bonds. The average molecular weight is 292 g/mol. The Bertz CT molecular complexity index is 372. The summed E-state index contributed by atoms with van der Waals surface area (Å²) >= 11 is 0. The van der Waals surface area contributed by atoms with Crippen molar-refractivity contribution in [3.05, 3.63) is 35.1 Å². The van der Waals surface area contributed by atoms with Crippen molar-refractivity contribution in [1.29, 1.82) is 0 Å². The predicted octanol–water partition coefficient (Wildman–Crippen LogP) is 3.33. The minimum Gasteiger partial charge on any atom is -0.397 e. The van der Waals surface area contributed by atoms with Crippen LogP contribution in [0.25, 0.3) is 0 Å². The summed E-state index contributed by atoms with van der Waals surface area (Å²) in [5, 5.41) is 0. The summed E-state index contributed by atoms with van der Waals surface area (Å²) in [7, 11) is -1.67. The zero-order chi connectivity index (χ0) is 14.3. The van der Waals surface area contributed by atoms with Crippen LogP contribution in [0, 0.1) is 17.5 Å². The van der Waals surface area contributed by atoms with E-state index in [4.69, 9.17) is 8.85 Å². The first-order chi connectivity index (χ1) is 9.08. The summed E-state index contributed by atoms with van der Waals surface area (Å²) in [4.78, 5) is 0. The van der Waals surface area contributed by atoms with Gasteiger partial charge in [0.25, 0.3) is 0 Å². The van der Waals surface area contributed by atoms with Crippen molar-refractivity contribution in [3.8, 4) is 0 Å². The highest BCUT2D eigenvalue weighted by molar-refractivity contribution is 6.44. The Balaban J connectivity index is 2.48. The fourth-order valence-corrected chi connectivity index (χ4v) is 3.52. The third-order valence-corrected chi connectivity index (χ3v) is 4.94. The normalized spacial score (nSPS) is 11.3. The largest absolute Gasteiger partial charge is 0.397 e. The molecular weight excluding hydrogens is 273 g/mol. The van der Waals surface area contributed by atoms with Crippen molar-refractivity contribution in [2.45, 2.75) is 32.7 Å². The van der Waals surface area contributed by atoms with Crippen LogP contribution < -0.4 is 0 Å². The molecule has 0 saturated carbocycles. The molecule has 0 aromatic heterocycles. The first kappa shape index (κ1) is 16.2. The minimum atomic E-state index is -1.67. The zero-order valence-electron chi connectivity index (χ0n) is 11.2. The second kappa shape index (κ2) is 8.34. The molecule has 0 heterocycles. The summed E-state index contributed by atoms with van der Waals surface area (Å²) in [5.74, 6) is -3.70. The van der Waals surface area contributed by atoms with Gasteiger partial charge in [0.2, 0.25) is 0 Å². The van der Waals surface area contributed by atoms with Crippen LogP contribution in [0.4, 0.5) is 13.2 Å². The van der Waals surface area contributed by atoms with E-state index in [2.05, 4.69) is 0 Å². The molecule has 0 fully saturated rings. The number of benzene rings is 1. The van der Waals surface area contributed by atoms with E-state index in [0.717, 1.165) is 18.2 Å². The lowest BCUT2D eigenvalue weighted by Crippen LogP contribution is -2.22. The monoisotopic (exact) mass is 292 g/mol. The van der Waals surface area contributed by atoms with Gasteiger partial charge in [-0.1, -0.05) is 0 Å². The van der Waals surface area contributed by atoms with Crippen molar-refractivity contribution >= 4 is 9.28 Å². The maximum absolute atomic E-state index is 13.0. The van der Waals surface area contributed by atoms with Crippen LogP contribution in [0.3, 0.4) is 0 Å². The first-order valence-corrected chi connectivity index (χ1v) is 8.21. The van der Waals surface area contributed by atoms with E-state index in [1.54, 1.807) is 0 Å². The average Bonchev–Trinajstić information content (AvgIpc) is 2.36. The highest BCUT2D eigenvalue weighted by atomic mass is 28.3. The van der Waals surface area contributed by atoms with Gasteiger partial charge >= 0.3 is 9.28 Å². The summed E-state index contributed by atoms with van der Waals surface area (Å²) in [6.45, 7) is 5.03. The predicted molar refractivity (Wildman–Crippen MR) is 69.8 cm³/mol. The Morgan fingerprint density at radius 1 is 1.00 bits per heavy atom.